The van der Waals surface area contributed by atoms with Gasteiger partial charge in [0.05, 0.1) is 13.2 Å². The second kappa shape index (κ2) is 3.51. The van der Waals surface area contributed by atoms with Crippen molar-refractivity contribution in [2.75, 3.05) is 13.2 Å². The highest BCUT2D eigenvalue weighted by atomic mass is 16.5. The molecule has 0 aromatic heterocycles. The van der Waals surface area contributed by atoms with Crippen LogP contribution in [0.4, 0.5) is 4.79 Å². The van der Waals surface area contributed by atoms with Crippen LogP contribution in [0.2, 0.25) is 0 Å². The monoisotopic (exact) mass is 186 g/mol. The maximum atomic E-state index is 10.4. The largest absolute Gasteiger partial charge is 0.465 e. The van der Waals surface area contributed by atoms with Gasteiger partial charge in [-0.1, -0.05) is 0 Å². The van der Waals surface area contributed by atoms with Crippen molar-refractivity contribution in [3.8, 4) is 0 Å². The Balaban J connectivity index is 1.90. The first kappa shape index (κ1) is 8.77. The molecule has 0 aromatic rings. The quantitative estimate of drug-likeness (QED) is 0.529. The standard InChI is InChI=1S/C8H14N2O3/c11-8(12)10-5-1-6-3-13-4-7(2-5)9-6/h5-7,9-10H,1-4H2,(H,11,12)/t5?,6-,7+. The minimum absolute atomic E-state index is 0.0950. The number of rotatable bonds is 1. The van der Waals surface area contributed by atoms with E-state index in [4.69, 9.17) is 9.84 Å². The third-order valence-corrected chi connectivity index (χ3v) is 2.58. The highest BCUT2D eigenvalue weighted by Crippen LogP contribution is 2.18. The molecule has 2 rings (SSSR count). The molecule has 5 heteroatoms. The molecule has 2 bridgehead atoms. The van der Waals surface area contributed by atoms with Crippen LogP contribution in [0.3, 0.4) is 0 Å². The van der Waals surface area contributed by atoms with E-state index < -0.39 is 6.09 Å². The minimum Gasteiger partial charge on any atom is -0.465 e. The SMILES string of the molecule is O=C(O)NC1C[C@H]2COC[C@@H](C1)N2. The topological polar surface area (TPSA) is 70.6 Å². The Morgan fingerprint density at radius 2 is 2.00 bits per heavy atom. The zero-order valence-corrected chi connectivity index (χ0v) is 7.32. The van der Waals surface area contributed by atoms with Crippen molar-refractivity contribution in [3.05, 3.63) is 0 Å². The fraction of sp³-hybridized carbons (Fsp3) is 0.875. The average Bonchev–Trinajstić information content (AvgIpc) is 2.01. The van der Waals surface area contributed by atoms with Crippen LogP contribution in [0.25, 0.3) is 0 Å². The van der Waals surface area contributed by atoms with Crippen molar-refractivity contribution in [1.29, 1.82) is 0 Å². The summed E-state index contributed by atoms with van der Waals surface area (Å²) in [6.07, 6.45) is 0.747. The number of carbonyl (C=O) groups is 1. The van der Waals surface area contributed by atoms with Crippen molar-refractivity contribution < 1.29 is 14.6 Å². The van der Waals surface area contributed by atoms with E-state index in [2.05, 4.69) is 10.6 Å². The molecule has 0 radical (unpaired) electrons. The lowest BCUT2D eigenvalue weighted by atomic mass is 9.93. The maximum absolute atomic E-state index is 10.4. The number of piperidine rings is 1. The molecule has 2 fully saturated rings. The number of hydrogen-bond acceptors (Lipinski definition) is 3. The van der Waals surface area contributed by atoms with Crippen LogP contribution in [0.1, 0.15) is 12.8 Å². The Bertz CT molecular complexity index is 198. The summed E-state index contributed by atoms with van der Waals surface area (Å²) >= 11 is 0. The molecule has 0 aliphatic carbocycles. The molecule has 5 nitrogen and oxygen atoms in total. The second-order valence-electron chi connectivity index (χ2n) is 3.72. The molecule has 0 aromatic carbocycles. The molecule has 2 heterocycles. The number of morpholine rings is 1. The zero-order chi connectivity index (χ0) is 9.26. The molecule has 1 amide bonds. The number of carboxylic acid groups (broad SMARTS) is 1. The maximum Gasteiger partial charge on any atom is 0.404 e. The molecular weight excluding hydrogens is 172 g/mol. The summed E-state index contributed by atoms with van der Waals surface area (Å²) in [5.41, 5.74) is 0. The van der Waals surface area contributed by atoms with Crippen molar-refractivity contribution in [3.63, 3.8) is 0 Å². The smallest absolute Gasteiger partial charge is 0.404 e. The molecule has 2 aliphatic rings. The Labute approximate surface area is 76.5 Å². The molecular formula is C8H14N2O3. The van der Waals surface area contributed by atoms with E-state index in [-0.39, 0.29) is 6.04 Å². The Morgan fingerprint density at radius 1 is 1.38 bits per heavy atom. The van der Waals surface area contributed by atoms with Gasteiger partial charge in [0.1, 0.15) is 0 Å². The van der Waals surface area contributed by atoms with Gasteiger partial charge in [-0.25, -0.2) is 4.79 Å². The number of hydrogen-bond donors (Lipinski definition) is 3. The van der Waals surface area contributed by atoms with Gasteiger partial charge >= 0.3 is 6.09 Å². The molecule has 13 heavy (non-hydrogen) atoms. The molecule has 0 saturated carbocycles. The minimum atomic E-state index is -0.925. The Kier molecular flexibility index (Phi) is 2.37. The normalized spacial score (nSPS) is 38.3. The fourth-order valence-corrected chi connectivity index (χ4v) is 2.13. The molecule has 3 atom stereocenters. The first-order chi connectivity index (χ1) is 6.24. The van der Waals surface area contributed by atoms with E-state index in [0.717, 1.165) is 12.8 Å². The van der Waals surface area contributed by atoms with E-state index in [9.17, 15) is 4.79 Å². The molecule has 2 aliphatic heterocycles. The Morgan fingerprint density at radius 3 is 2.54 bits per heavy atom. The van der Waals surface area contributed by atoms with Crippen molar-refractivity contribution in [2.45, 2.75) is 31.0 Å². The second-order valence-corrected chi connectivity index (χ2v) is 3.72. The van der Waals surface area contributed by atoms with Gasteiger partial charge in [-0.15, -0.1) is 0 Å². The van der Waals surface area contributed by atoms with Gasteiger partial charge in [-0.05, 0) is 12.8 Å². The van der Waals surface area contributed by atoms with Crippen LogP contribution in [0, 0.1) is 0 Å². The third-order valence-electron chi connectivity index (χ3n) is 2.58. The van der Waals surface area contributed by atoms with E-state index >= 15 is 0 Å². The summed E-state index contributed by atoms with van der Waals surface area (Å²) in [4.78, 5) is 10.4. The predicted octanol–water partition coefficient (Wildman–Crippen LogP) is -0.227. The lowest BCUT2D eigenvalue weighted by molar-refractivity contribution is 0.0151. The van der Waals surface area contributed by atoms with Crippen LogP contribution in [0.5, 0.6) is 0 Å². The number of ether oxygens (including phenoxy) is 1. The first-order valence-corrected chi connectivity index (χ1v) is 4.57. The van der Waals surface area contributed by atoms with Crippen LogP contribution in [0.15, 0.2) is 0 Å². The van der Waals surface area contributed by atoms with Crippen LogP contribution in [-0.2, 0) is 4.74 Å². The summed E-state index contributed by atoms with van der Waals surface area (Å²) < 4.78 is 5.35. The Hall–Kier alpha value is -0.810. The fourth-order valence-electron chi connectivity index (χ4n) is 2.13. The van der Waals surface area contributed by atoms with Crippen LogP contribution >= 0.6 is 0 Å². The van der Waals surface area contributed by atoms with Crippen molar-refractivity contribution in [1.82, 2.24) is 10.6 Å². The van der Waals surface area contributed by atoms with Gasteiger partial charge in [0.2, 0.25) is 0 Å². The summed E-state index contributed by atoms with van der Waals surface area (Å²) in [6.45, 7) is 1.41. The summed E-state index contributed by atoms with van der Waals surface area (Å²) in [6, 6.07) is 0.742. The summed E-state index contributed by atoms with van der Waals surface area (Å²) in [5.74, 6) is 0. The van der Waals surface area contributed by atoms with Crippen molar-refractivity contribution >= 4 is 6.09 Å². The lowest BCUT2D eigenvalue weighted by Crippen LogP contribution is -2.58. The molecule has 1 unspecified atom stereocenters. The highest BCUT2D eigenvalue weighted by Gasteiger charge is 2.32. The zero-order valence-electron chi connectivity index (χ0n) is 7.32. The third kappa shape index (κ3) is 2.10. The predicted molar refractivity (Wildman–Crippen MR) is 45.7 cm³/mol. The molecule has 74 valence electrons. The van der Waals surface area contributed by atoms with Gasteiger partial charge in [0.25, 0.3) is 0 Å². The average molecular weight is 186 g/mol. The molecule has 0 spiro atoms. The van der Waals surface area contributed by atoms with E-state index in [0.29, 0.717) is 25.3 Å². The van der Waals surface area contributed by atoms with Gasteiger partial charge in [0, 0.05) is 18.1 Å². The first-order valence-electron chi connectivity index (χ1n) is 4.57. The lowest BCUT2D eigenvalue weighted by Gasteiger charge is -2.39. The number of nitrogens with one attached hydrogen (secondary N) is 2. The van der Waals surface area contributed by atoms with E-state index in [1.807, 2.05) is 0 Å². The highest BCUT2D eigenvalue weighted by molar-refractivity contribution is 5.64. The van der Waals surface area contributed by atoms with Gasteiger partial charge in [0.15, 0.2) is 0 Å². The van der Waals surface area contributed by atoms with Gasteiger partial charge in [-0.3, -0.25) is 0 Å². The summed E-state index contributed by atoms with van der Waals surface area (Å²) in [7, 11) is 0. The van der Waals surface area contributed by atoms with Gasteiger partial charge in [-0.2, -0.15) is 0 Å². The number of amides is 1. The van der Waals surface area contributed by atoms with Crippen LogP contribution in [-0.4, -0.2) is 42.5 Å². The van der Waals surface area contributed by atoms with E-state index in [1.165, 1.54) is 0 Å². The van der Waals surface area contributed by atoms with Crippen molar-refractivity contribution in [2.24, 2.45) is 0 Å². The molecule has 3 N–H and O–H groups in total. The summed E-state index contributed by atoms with van der Waals surface area (Å²) in [5, 5.41) is 14.5. The van der Waals surface area contributed by atoms with E-state index in [1.54, 1.807) is 0 Å². The number of fused-ring (bicyclic) bond motifs is 2. The molecule has 2 saturated heterocycles. The van der Waals surface area contributed by atoms with Crippen LogP contribution < -0.4 is 10.6 Å². The van der Waals surface area contributed by atoms with Gasteiger partial charge < -0.3 is 20.5 Å².